The summed E-state index contributed by atoms with van der Waals surface area (Å²) in [4.78, 5) is 13.9. The number of nitrogens with zero attached hydrogens (tertiary/aromatic N) is 3. The van der Waals surface area contributed by atoms with Crippen LogP contribution < -0.4 is 5.32 Å². The van der Waals surface area contributed by atoms with Crippen LogP contribution in [0.1, 0.15) is 55.9 Å². The summed E-state index contributed by atoms with van der Waals surface area (Å²) in [6, 6.07) is 0.346. The van der Waals surface area contributed by atoms with Crippen molar-refractivity contribution in [3.05, 3.63) is 28.5 Å². The second-order valence-electron chi connectivity index (χ2n) is 8.30. The summed E-state index contributed by atoms with van der Waals surface area (Å²) in [6.07, 6.45) is 11.3. The fourth-order valence-corrected chi connectivity index (χ4v) is 6.40. The van der Waals surface area contributed by atoms with E-state index in [1.165, 1.54) is 59.9 Å². The highest BCUT2D eigenvalue weighted by Crippen LogP contribution is 2.38. The van der Waals surface area contributed by atoms with E-state index in [0.717, 1.165) is 36.2 Å². The third-order valence-electron chi connectivity index (χ3n) is 5.97. The first kappa shape index (κ1) is 20.7. The predicted molar refractivity (Wildman–Crippen MR) is 120 cm³/mol. The lowest BCUT2D eigenvalue weighted by atomic mass is 9.88. The first-order chi connectivity index (χ1) is 14.2. The summed E-state index contributed by atoms with van der Waals surface area (Å²) in [5.41, 5.74) is 2.65. The highest BCUT2D eigenvalue weighted by molar-refractivity contribution is 7.99. The summed E-state index contributed by atoms with van der Waals surface area (Å²) in [7, 11) is 0. The molecule has 0 spiro atoms. The van der Waals surface area contributed by atoms with Gasteiger partial charge >= 0.3 is 0 Å². The van der Waals surface area contributed by atoms with Gasteiger partial charge in [0.05, 0.1) is 5.75 Å². The van der Waals surface area contributed by atoms with Crippen LogP contribution >= 0.6 is 23.1 Å². The van der Waals surface area contributed by atoms with E-state index < -0.39 is 0 Å². The average molecular weight is 431 g/mol. The molecule has 0 saturated heterocycles. The van der Waals surface area contributed by atoms with Crippen molar-refractivity contribution in [3.8, 4) is 11.4 Å². The number of hydrogen-bond donors (Lipinski definition) is 1. The highest BCUT2D eigenvalue weighted by Gasteiger charge is 2.24. The highest BCUT2D eigenvalue weighted by atomic mass is 32.2. The molecule has 1 atom stereocenters. The fraction of sp³-hybridized carbons (Fsp3) is 0.591. The number of amides is 1. The predicted octanol–water partition coefficient (Wildman–Crippen LogP) is 4.86. The topological polar surface area (TPSA) is 59.8 Å². The van der Waals surface area contributed by atoms with Crippen LogP contribution in [0.4, 0.5) is 0 Å². The van der Waals surface area contributed by atoms with Gasteiger partial charge in [-0.1, -0.05) is 44.0 Å². The zero-order valence-electron chi connectivity index (χ0n) is 17.2. The number of rotatable bonds is 7. The first-order valence-corrected chi connectivity index (χ1v) is 12.6. The maximum atomic E-state index is 12.4. The minimum absolute atomic E-state index is 0.0958. The molecular formula is C22H30N4OS2. The molecule has 1 fully saturated rings. The van der Waals surface area contributed by atoms with Crippen LogP contribution in [0.5, 0.6) is 0 Å². The molecular weight excluding hydrogens is 400 g/mol. The van der Waals surface area contributed by atoms with Gasteiger partial charge in [-0.3, -0.25) is 9.36 Å². The minimum atomic E-state index is 0.0958. The fourth-order valence-electron chi connectivity index (χ4n) is 4.40. The van der Waals surface area contributed by atoms with Gasteiger partial charge in [0.15, 0.2) is 11.0 Å². The molecule has 0 bridgehead atoms. The Morgan fingerprint density at radius 1 is 1.34 bits per heavy atom. The molecule has 0 aromatic carbocycles. The molecule has 0 radical (unpaired) electrons. The molecule has 2 aliphatic carbocycles. The molecule has 2 aromatic heterocycles. The van der Waals surface area contributed by atoms with Gasteiger partial charge in [0.25, 0.3) is 0 Å². The number of carbonyl (C=O) groups is 1. The number of fused-ring (bicyclic) bond motifs is 1. The smallest absolute Gasteiger partial charge is 0.230 e. The molecule has 2 heterocycles. The summed E-state index contributed by atoms with van der Waals surface area (Å²) in [5.74, 6) is 2.14. The van der Waals surface area contributed by atoms with Crippen molar-refractivity contribution in [2.24, 2.45) is 5.92 Å². The van der Waals surface area contributed by atoms with Gasteiger partial charge in [-0.15, -0.1) is 28.1 Å². The second kappa shape index (κ2) is 9.47. The van der Waals surface area contributed by atoms with E-state index in [4.69, 9.17) is 0 Å². The third kappa shape index (κ3) is 4.77. The van der Waals surface area contributed by atoms with Gasteiger partial charge in [-0.25, -0.2) is 0 Å². The average Bonchev–Trinajstić information content (AvgIpc) is 3.31. The zero-order chi connectivity index (χ0) is 20.2. The van der Waals surface area contributed by atoms with E-state index in [9.17, 15) is 4.79 Å². The van der Waals surface area contributed by atoms with Crippen LogP contribution in [0.3, 0.4) is 0 Å². The number of allylic oxidation sites excluding steroid dienone is 1. The molecule has 29 heavy (non-hydrogen) atoms. The number of nitrogens with one attached hydrogen (secondary N) is 1. The number of hydrogen-bond acceptors (Lipinski definition) is 5. The number of carbonyl (C=O) groups excluding carboxylic acids is 1. The summed E-state index contributed by atoms with van der Waals surface area (Å²) in [5, 5.41) is 15.2. The van der Waals surface area contributed by atoms with E-state index in [1.807, 2.05) is 17.4 Å². The zero-order valence-corrected chi connectivity index (χ0v) is 18.8. The molecule has 1 unspecified atom stereocenters. The molecule has 1 N–H and O–H groups in total. The van der Waals surface area contributed by atoms with Crippen molar-refractivity contribution in [2.45, 2.75) is 76.0 Å². The molecule has 2 aliphatic rings. The maximum absolute atomic E-state index is 12.4. The lowest BCUT2D eigenvalue weighted by molar-refractivity contribution is -0.119. The van der Waals surface area contributed by atoms with Crippen molar-refractivity contribution in [1.82, 2.24) is 20.1 Å². The summed E-state index contributed by atoms with van der Waals surface area (Å²) >= 11 is 3.32. The monoisotopic (exact) mass is 430 g/mol. The SMILES string of the molecule is C=CCn1c(SCC(=O)NC2CCCCC2)nnc1-c1csc2c1CCC(C)C2. The summed E-state index contributed by atoms with van der Waals surface area (Å²) < 4.78 is 2.10. The van der Waals surface area contributed by atoms with E-state index in [0.29, 0.717) is 18.3 Å². The Balaban J connectivity index is 1.47. The number of aromatic nitrogens is 3. The molecule has 1 amide bonds. The first-order valence-electron chi connectivity index (χ1n) is 10.7. The van der Waals surface area contributed by atoms with Gasteiger partial charge < -0.3 is 5.32 Å². The molecule has 4 rings (SSSR count). The second-order valence-corrected chi connectivity index (χ2v) is 10.2. The lowest BCUT2D eigenvalue weighted by Crippen LogP contribution is -2.37. The molecule has 5 nitrogen and oxygen atoms in total. The Hall–Kier alpha value is -1.60. The van der Waals surface area contributed by atoms with Crippen LogP contribution in [0, 0.1) is 5.92 Å². The Labute approximate surface area is 181 Å². The van der Waals surface area contributed by atoms with Crippen molar-refractivity contribution in [2.75, 3.05) is 5.75 Å². The van der Waals surface area contributed by atoms with Crippen LogP contribution in [-0.4, -0.2) is 32.5 Å². The maximum Gasteiger partial charge on any atom is 0.230 e. The normalized spacial score (nSPS) is 19.7. The van der Waals surface area contributed by atoms with Gasteiger partial charge in [0.1, 0.15) is 0 Å². The Morgan fingerprint density at radius 3 is 2.97 bits per heavy atom. The van der Waals surface area contributed by atoms with Crippen LogP contribution in [0.2, 0.25) is 0 Å². The van der Waals surface area contributed by atoms with Crippen LogP contribution in [-0.2, 0) is 24.2 Å². The van der Waals surface area contributed by atoms with Crippen molar-refractivity contribution in [1.29, 1.82) is 0 Å². The molecule has 1 saturated carbocycles. The molecule has 0 aliphatic heterocycles. The quantitative estimate of drug-likeness (QED) is 0.503. The number of thioether (sulfide) groups is 1. The van der Waals surface area contributed by atoms with E-state index in [2.05, 4.69) is 39.0 Å². The largest absolute Gasteiger partial charge is 0.353 e. The lowest BCUT2D eigenvalue weighted by Gasteiger charge is -2.22. The van der Waals surface area contributed by atoms with Crippen molar-refractivity contribution >= 4 is 29.0 Å². The van der Waals surface area contributed by atoms with E-state index in [-0.39, 0.29) is 5.91 Å². The Bertz CT molecular complexity index is 866. The van der Waals surface area contributed by atoms with Gasteiger partial charge in [-0.2, -0.15) is 0 Å². The van der Waals surface area contributed by atoms with Crippen LogP contribution in [0.15, 0.2) is 23.2 Å². The third-order valence-corrected chi connectivity index (χ3v) is 7.99. The van der Waals surface area contributed by atoms with Crippen LogP contribution in [0.25, 0.3) is 11.4 Å². The standard InChI is InChI=1S/C22H30N4OS2/c1-3-11-26-21(18-13-28-19-12-15(2)9-10-17(18)19)24-25-22(26)29-14-20(27)23-16-7-5-4-6-8-16/h3,13,15-16H,1,4-12,14H2,2H3,(H,23,27). The molecule has 2 aromatic rings. The Kier molecular flexibility index (Phi) is 6.75. The van der Waals surface area contributed by atoms with E-state index >= 15 is 0 Å². The minimum Gasteiger partial charge on any atom is -0.353 e. The molecule has 156 valence electrons. The molecule has 7 heteroatoms. The van der Waals surface area contributed by atoms with Gasteiger partial charge in [0.2, 0.25) is 5.91 Å². The van der Waals surface area contributed by atoms with Gasteiger partial charge in [-0.05, 0) is 43.6 Å². The van der Waals surface area contributed by atoms with E-state index in [1.54, 1.807) is 0 Å². The Morgan fingerprint density at radius 2 is 2.17 bits per heavy atom. The number of thiophene rings is 1. The van der Waals surface area contributed by atoms with Crippen molar-refractivity contribution < 1.29 is 4.79 Å². The van der Waals surface area contributed by atoms with Gasteiger partial charge in [0, 0.05) is 28.4 Å². The summed E-state index contributed by atoms with van der Waals surface area (Å²) in [6.45, 7) is 6.88. The van der Waals surface area contributed by atoms with Crippen molar-refractivity contribution in [3.63, 3.8) is 0 Å².